The molecular weight excluding hydrogens is 234 g/mol. The van der Waals surface area contributed by atoms with Crippen LogP contribution in [0.4, 0.5) is 0 Å². The molecule has 0 aliphatic carbocycles. The first-order chi connectivity index (χ1) is 9.27. The minimum atomic E-state index is 0.689. The molecule has 19 heavy (non-hydrogen) atoms. The second-order valence-corrected chi connectivity index (χ2v) is 4.70. The minimum Gasteiger partial charge on any atom is -0.492 e. The normalized spacial score (nSPS) is 10.4. The first-order valence-corrected chi connectivity index (χ1v) is 6.71. The molecule has 0 bridgehead atoms. The molecule has 0 fully saturated rings. The summed E-state index contributed by atoms with van der Waals surface area (Å²) in [6.07, 6.45) is 0. The third kappa shape index (κ3) is 4.11. The Morgan fingerprint density at radius 2 is 1.74 bits per heavy atom. The van der Waals surface area contributed by atoms with Gasteiger partial charge in [-0.3, -0.25) is 0 Å². The van der Waals surface area contributed by atoms with Crippen LogP contribution in [0.1, 0.15) is 16.7 Å². The molecule has 100 valence electrons. The van der Waals surface area contributed by atoms with E-state index in [1.807, 2.05) is 30.3 Å². The highest BCUT2D eigenvalue weighted by molar-refractivity contribution is 5.32. The lowest BCUT2D eigenvalue weighted by Crippen LogP contribution is -2.21. The van der Waals surface area contributed by atoms with E-state index in [4.69, 9.17) is 4.74 Å². The average Bonchev–Trinajstić information content (AvgIpc) is 2.44. The molecule has 1 N–H and O–H groups in total. The van der Waals surface area contributed by atoms with Crippen LogP contribution in [0.3, 0.4) is 0 Å². The zero-order valence-electron chi connectivity index (χ0n) is 11.6. The van der Waals surface area contributed by atoms with Gasteiger partial charge >= 0.3 is 0 Å². The smallest absolute Gasteiger partial charge is 0.119 e. The Bertz CT molecular complexity index is 508. The van der Waals surface area contributed by atoms with E-state index in [-0.39, 0.29) is 0 Å². The van der Waals surface area contributed by atoms with Gasteiger partial charge in [0, 0.05) is 13.1 Å². The molecular formula is C17H21NO. The lowest BCUT2D eigenvalue weighted by Gasteiger charge is -2.10. The molecule has 2 aromatic rings. The molecule has 0 aliphatic rings. The summed E-state index contributed by atoms with van der Waals surface area (Å²) in [7, 11) is 0. The van der Waals surface area contributed by atoms with Crippen LogP contribution in [0.25, 0.3) is 0 Å². The van der Waals surface area contributed by atoms with E-state index in [1.54, 1.807) is 0 Å². The molecule has 2 nitrogen and oxygen atoms in total. The molecule has 0 atom stereocenters. The zero-order valence-corrected chi connectivity index (χ0v) is 11.6. The number of rotatable bonds is 6. The summed E-state index contributed by atoms with van der Waals surface area (Å²) in [5.41, 5.74) is 4.08. The maximum atomic E-state index is 5.64. The van der Waals surface area contributed by atoms with Crippen molar-refractivity contribution < 1.29 is 4.74 Å². The van der Waals surface area contributed by atoms with E-state index in [0.29, 0.717) is 6.61 Å². The molecule has 0 radical (unpaired) electrons. The van der Waals surface area contributed by atoms with Crippen LogP contribution in [0.2, 0.25) is 0 Å². The number of nitrogens with one attached hydrogen (secondary N) is 1. The van der Waals surface area contributed by atoms with Gasteiger partial charge in [-0.15, -0.1) is 0 Å². The fraction of sp³-hybridized carbons (Fsp3) is 0.294. The number of hydrogen-bond acceptors (Lipinski definition) is 2. The van der Waals surface area contributed by atoms with Crippen molar-refractivity contribution >= 4 is 0 Å². The summed E-state index contributed by atoms with van der Waals surface area (Å²) in [6, 6.07) is 16.4. The van der Waals surface area contributed by atoms with Crippen molar-refractivity contribution in [2.24, 2.45) is 0 Å². The Balaban J connectivity index is 1.71. The van der Waals surface area contributed by atoms with E-state index in [0.717, 1.165) is 18.8 Å². The molecule has 0 spiro atoms. The van der Waals surface area contributed by atoms with Gasteiger partial charge in [-0.05, 0) is 42.7 Å². The summed E-state index contributed by atoms with van der Waals surface area (Å²) < 4.78 is 5.64. The molecule has 0 heterocycles. The third-order valence-electron chi connectivity index (χ3n) is 3.32. The van der Waals surface area contributed by atoms with Crippen molar-refractivity contribution in [3.05, 3.63) is 65.2 Å². The molecule has 0 amide bonds. The monoisotopic (exact) mass is 255 g/mol. The number of para-hydroxylation sites is 1. The van der Waals surface area contributed by atoms with E-state index >= 15 is 0 Å². The summed E-state index contributed by atoms with van der Waals surface area (Å²) in [5, 5.41) is 3.41. The number of aryl methyl sites for hydroxylation is 1. The maximum Gasteiger partial charge on any atom is 0.119 e. The van der Waals surface area contributed by atoms with Crippen LogP contribution in [0.5, 0.6) is 5.75 Å². The highest BCUT2D eigenvalue weighted by Crippen LogP contribution is 2.12. The molecule has 2 rings (SSSR count). The Morgan fingerprint density at radius 3 is 2.53 bits per heavy atom. The van der Waals surface area contributed by atoms with Crippen LogP contribution in [-0.4, -0.2) is 13.2 Å². The van der Waals surface area contributed by atoms with Crippen molar-refractivity contribution in [2.75, 3.05) is 13.2 Å². The highest BCUT2D eigenvalue weighted by Gasteiger charge is 1.99. The Kier molecular flexibility index (Phi) is 4.99. The first kappa shape index (κ1) is 13.6. The fourth-order valence-corrected chi connectivity index (χ4v) is 1.98. The van der Waals surface area contributed by atoms with Crippen LogP contribution in [-0.2, 0) is 6.54 Å². The standard InChI is InChI=1S/C17H21NO/c1-14-7-6-8-16(15(14)2)13-18-11-12-19-17-9-4-3-5-10-17/h3-10,18H,11-13H2,1-2H3. The fourth-order valence-electron chi connectivity index (χ4n) is 1.98. The van der Waals surface area contributed by atoms with Crippen LogP contribution >= 0.6 is 0 Å². The SMILES string of the molecule is Cc1cccc(CNCCOc2ccccc2)c1C. The van der Waals surface area contributed by atoms with Gasteiger partial charge < -0.3 is 10.1 Å². The molecule has 0 aliphatic heterocycles. The topological polar surface area (TPSA) is 21.3 Å². The highest BCUT2D eigenvalue weighted by atomic mass is 16.5. The van der Waals surface area contributed by atoms with Crippen LogP contribution in [0.15, 0.2) is 48.5 Å². The maximum absolute atomic E-state index is 5.64. The van der Waals surface area contributed by atoms with Gasteiger partial charge in [-0.2, -0.15) is 0 Å². The number of ether oxygens (including phenoxy) is 1. The molecule has 0 unspecified atom stereocenters. The Morgan fingerprint density at radius 1 is 0.947 bits per heavy atom. The van der Waals surface area contributed by atoms with Gasteiger partial charge in [0.2, 0.25) is 0 Å². The van der Waals surface area contributed by atoms with Crippen LogP contribution in [0, 0.1) is 13.8 Å². The third-order valence-corrected chi connectivity index (χ3v) is 3.32. The second-order valence-electron chi connectivity index (χ2n) is 4.70. The van der Waals surface area contributed by atoms with E-state index < -0.39 is 0 Å². The van der Waals surface area contributed by atoms with E-state index in [9.17, 15) is 0 Å². The van der Waals surface area contributed by atoms with Gasteiger partial charge in [0.1, 0.15) is 12.4 Å². The summed E-state index contributed by atoms with van der Waals surface area (Å²) >= 11 is 0. The van der Waals surface area contributed by atoms with E-state index in [2.05, 4.69) is 37.4 Å². The van der Waals surface area contributed by atoms with Gasteiger partial charge in [0.05, 0.1) is 0 Å². The van der Waals surface area contributed by atoms with Gasteiger partial charge in [0.15, 0.2) is 0 Å². The Labute approximate surface area is 115 Å². The van der Waals surface area contributed by atoms with Crippen molar-refractivity contribution in [1.82, 2.24) is 5.32 Å². The van der Waals surface area contributed by atoms with Crippen molar-refractivity contribution in [3.63, 3.8) is 0 Å². The average molecular weight is 255 g/mol. The van der Waals surface area contributed by atoms with Gasteiger partial charge in [-0.1, -0.05) is 36.4 Å². The van der Waals surface area contributed by atoms with Crippen molar-refractivity contribution in [1.29, 1.82) is 0 Å². The Hall–Kier alpha value is -1.80. The van der Waals surface area contributed by atoms with Gasteiger partial charge in [0.25, 0.3) is 0 Å². The van der Waals surface area contributed by atoms with Gasteiger partial charge in [-0.25, -0.2) is 0 Å². The summed E-state index contributed by atoms with van der Waals surface area (Å²) in [6.45, 7) is 6.76. The zero-order chi connectivity index (χ0) is 13.5. The first-order valence-electron chi connectivity index (χ1n) is 6.71. The molecule has 0 saturated carbocycles. The molecule has 2 aromatic carbocycles. The largest absolute Gasteiger partial charge is 0.492 e. The molecule has 0 saturated heterocycles. The molecule has 0 aromatic heterocycles. The van der Waals surface area contributed by atoms with Crippen LogP contribution < -0.4 is 10.1 Å². The summed E-state index contributed by atoms with van der Waals surface area (Å²) in [5.74, 6) is 0.927. The lowest BCUT2D eigenvalue weighted by molar-refractivity contribution is 0.313. The minimum absolute atomic E-state index is 0.689. The van der Waals surface area contributed by atoms with E-state index in [1.165, 1.54) is 16.7 Å². The summed E-state index contributed by atoms with van der Waals surface area (Å²) in [4.78, 5) is 0. The predicted molar refractivity (Wildman–Crippen MR) is 79.6 cm³/mol. The van der Waals surface area contributed by atoms with Crippen molar-refractivity contribution in [2.45, 2.75) is 20.4 Å². The predicted octanol–water partition coefficient (Wildman–Crippen LogP) is 3.47. The van der Waals surface area contributed by atoms with Crippen molar-refractivity contribution in [3.8, 4) is 5.75 Å². The number of benzene rings is 2. The number of hydrogen-bond donors (Lipinski definition) is 1. The quantitative estimate of drug-likeness (QED) is 0.798. The second kappa shape index (κ2) is 6.95. The lowest BCUT2D eigenvalue weighted by atomic mass is 10.0. The molecule has 2 heteroatoms.